The molecule has 2 N–H and O–H groups in total. The zero-order chi connectivity index (χ0) is 19.3. The Kier molecular flexibility index (Phi) is 3.85. The molecule has 1 unspecified atom stereocenters. The molecule has 0 radical (unpaired) electrons. The molecule has 3 heterocycles. The Bertz CT molecular complexity index is 1370. The lowest BCUT2D eigenvalue weighted by atomic mass is 10.1. The summed E-state index contributed by atoms with van der Waals surface area (Å²) in [6.45, 7) is 1.68. The number of halogens is 1. The van der Waals surface area contributed by atoms with Crippen LogP contribution < -0.4 is 21.3 Å². The van der Waals surface area contributed by atoms with Gasteiger partial charge in [0.1, 0.15) is 10.9 Å². The summed E-state index contributed by atoms with van der Waals surface area (Å²) in [5.74, 6) is 0. The third-order valence-corrected chi connectivity index (χ3v) is 4.78. The predicted octanol–water partition coefficient (Wildman–Crippen LogP) is 1.43. The van der Waals surface area contributed by atoms with Gasteiger partial charge in [0.15, 0.2) is 12.4 Å². The minimum Gasteiger partial charge on any atom is -0.619 e. The maximum Gasteiger partial charge on any atom is 0.287 e. The van der Waals surface area contributed by atoms with Crippen molar-refractivity contribution < 1.29 is 4.73 Å². The summed E-state index contributed by atoms with van der Waals surface area (Å²) in [7, 11) is 0. The van der Waals surface area contributed by atoms with Crippen LogP contribution in [-0.2, 0) is 0 Å². The van der Waals surface area contributed by atoms with E-state index in [0.717, 1.165) is 4.68 Å². The maximum atomic E-state index is 13.0. The first kappa shape index (κ1) is 17.0. The number of aromatic amines is 2. The average Bonchev–Trinajstić information content (AvgIpc) is 2.64. The summed E-state index contributed by atoms with van der Waals surface area (Å²) in [6.07, 6.45) is 2.58. The number of benzene rings is 1. The molecule has 4 aromatic rings. The molecule has 0 aliphatic heterocycles. The Morgan fingerprint density at radius 1 is 1.15 bits per heavy atom. The van der Waals surface area contributed by atoms with Crippen molar-refractivity contribution in [3.05, 3.63) is 89.4 Å². The van der Waals surface area contributed by atoms with E-state index in [1.807, 2.05) is 0 Å². The first-order valence-corrected chi connectivity index (χ1v) is 8.43. The average molecular weight is 385 g/mol. The number of rotatable bonds is 2. The van der Waals surface area contributed by atoms with Gasteiger partial charge >= 0.3 is 0 Å². The number of hydrogen-bond donors (Lipinski definition) is 2. The Labute approximate surface area is 155 Å². The fourth-order valence-electron chi connectivity index (χ4n) is 3.10. The Morgan fingerprint density at radius 3 is 2.56 bits per heavy atom. The van der Waals surface area contributed by atoms with E-state index in [2.05, 4.69) is 10.1 Å². The van der Waals surface area contributed by atoms with Crippen LogP contribution in [0.3, 0.4) is 0 Å². The summed E-state index contributed by atoms with van der Waals surface area (Å²) in [5.41, 5.74) is -0.882. The number of nitrogens with one attached hydrogen (secondary N) is 2. The topological polar surface area (TPSA) is 115 Å². The highest BCUT2D eigenvalue weighted by atomic mass is 35.5. The van der Waals surface area contributed by atoms with Gasteiger partial charge < -0.3 is 10.2 Å². The smallest absolute Gasteiger partial charge is 0.287 e. The Balaban J connectivity index is 2.05. The van der Waals surface area contributed by atoms with Gasteiger partial charge in [-0.05, 0) is 30.7 Å². The molecule has 27 heavy (non-hydrogen) atoms. The van der Waals surface area contributed by atoms with Crippen LogP contribution in [0.15, 0.2) is 57.1 Å². The molecule has 4 rings (SSSR count). The number of fused-ring (bicyclic) bond motifs is 2. The van der Waals surface area contributed by atoms with Crippen molar-refractivity contribution in [1.82, 2.24) is 14.8 Å². The van der Waals surface area contributed by atoms with Gasteiger partial charge in [0, 0.05) is 22.5 Å². The van der Waals surface area contributed by atoms with E-state index >= 15 is 0 Å². The van der Waals surface area contributed by atoms with E-state index in [4.69, 9.17) is 11.6 Å². The zero-order valence-corrected chi connectivity index (χ0v) is 14.8. The van der Waals surface area contributed by atoms with Crippen molar-refractivity contribution in [2.45, 2.75) is 13.0 Å². The predicted molar refractivity (Wildman–Crippen MR) is 101 cm³/mol. The molecule has 0 saturated heterocycles. The zero-order valence-electron chi connectivity index (χ0n) is 14.0. The SMILES string of the molecule is CC(c1cc[n+]([O-])cc1)n1[nH]c(=O)c2[nH]c3cc(Cl)ccc3c(=O)c2c1=O. The molecule has 136 valence electrons. The van der Waals surface area contributed by atoms with Crippen LogP contribution in [0.25, 0.3) is 21.8 Å². The van der Waals surface area contributed by atoms with E-state index < -0.39 is 22.6 Å². The van der Waals surface area contributed by atoms with E-state index in [0.29, 0.717) is 20.8 Å². The third-order valence-electron chi connectivity index (χ3n) is 4.54. The molecule has 0 bridgehead atoms. The van der Waals surface area contributed by atoms with E-state index in [1.54, 1.807) is 25.1 Å². The minimum absolute atomic E-state index is 0.103. The van der Waals surface area contributed by atoms with Crippen molar-refractivity contribution in [1.29, 1.82) is 0 Å². The van der Waals surface area contributed by atoms with Crippen molar-refractivity contribution >= 4 is 33.4 Å². The lowest BCUT2D eigenvalue weighted by molar-refractivity contribution is -0.605. The lowest BCUT2D eigenvalue weighted by Gasteiger charge is -2.15. The molecule has 0 fully saturated rings. The summed E-state index contributed by atoms with van der Waals surface area (Å²) in [4.78, 5) is 41.2. The van der Waals surface area contributed by atoms with E-state index in [9.17, 15) is 19.6 Å². The van der Waals surface area contributed by atoms with Crippen LogP contribution in [0.2, 0.25) is 5.02 Å². The van der Waals surface area contributed by atoms with Gasteiger partial charge in [-0.2, -0.15) is 4.73 Å². The van der Waals surface area contributed by atoms with Gasteiger partial charge in [-0.25, -0.2) is 4.68 Å². The van der Waals surface area contributed by atoms with Crippen LogP contribution >= 0.6 is 11.6 Å². The molecule has 0 aliphatic carbocycles. The highest BCUT2D eigenvalue weighted by Crippen LogP contribution is 2.17. The third kappa shape index (κ3) is 2.70. The monoisotopic (exact) mass is 384 g/mol. The maximum absolute atomic E-state index is 13.0. The molecule has 0 saturated carbocycles. The molecular formula is C18H13ClN4O4. The second-order valence-electron chi connectivity index (χ2n) is 6.18. The number of pyridine rings is 2. The van der Waals surface area contributed by atoms with Crippen LogP contribution in [-0.4, -0.2) is 14.8 Å². The van der Waals surface area contributed by atoms with Crippen molar-refractivity contribution in [3.63, 3.8) is 0 Å². The van der Waals surface area contributed by atoms with Crippen LogP contribution in [0, 0.1) is 5.21 Å². The van der Waals surface area contributed by atoms with Crippen LogP contribution in [0.4, 0.5) is 0 Å². The fourth-order valence-corrected chi connectivity index (χ4v) is 3.27. The minimum atomic E-state index is -0.631. The molecule has 1 aromatic carbocycles. The second kappa shape index (κ2) is 6.10. The van der Waals surface area contributed by atoms with E-state index in [1.165, 1.54) is 24.5 Å². The molecule has 3 aromatic heterocycles. The summed E-state index contributed by atoms with van der Waals surface area (Å²) in [6, 6.07) is 7.07. The van der Waals surface area contributed by atoms with Crippen molar-refractivity contribution in [2.24, 2.45) is 0 Å². The number of aromatic nitrogens is 4. The molecule has 0 amide bonds. The molecular weight excluding hydrogens is 372 g/mol. The van der Waals surface area contributed by atoms with E-state index in [-0.39, 0.29) is 16.3 Å². The summed E-state index contributed by atoms with van der Waals surface area (Å²) < 4.78 is 1.70. The molecule has 0 spiro atoms. The first-order chi connectivity index (χ1) is 12.9. The first-order valence-electron chi connectivity index (χ1n) is 8.05. The number of H-pyrrole nitrogens is 2. The van der Waals surface area contributed by atoms with Crippen LogP contribution in [0.1, 0.15) is 18.5 Å². The van der Waals surface area contributed by atoms with Gasteiger partial charge in [-0.15, -0.1) is 0 Å². The quantitative estimate of drug-likeness (QED) is 0.309. The fraction of sp³-hybridized carbons (Fsp3) is 0.111. The molecule has 0 aliphatic rings. The largest absolute Gasteiger partial charge is 0.619 e. The lowest BCUT2D eigenvalue weighted by Crippen LogP contribution is -2.36. The standard InChI is InChI=1S/C18H13ClN4O4/c1-9(10-4-6-22(27)7-5-10)23-18(26)14-15(17(25)21-23)20-13-8-11(19)2-3-12(13)16(14)24/h2-9H,1H3,(H,20,24)(H,21,25). The van der Waals surface area contributed by atoms with Gasteiger partial charge in [0.25, 0.3) is 11.1 Å². The van der Waals surface area contributed by atoms with Gasteiger partial charge in [0.2, 0.25) is 5.43 Å². The molecule has 1 atom stereocenters. The highest BCUT2D eigenvalue weighted by Gasteiger charge is 2.18. The van der Waals surface area contributed by atoms with Gasteiger partial charge in [0.05, 0.1) is 11.6 Å². The highest BCUT2D eigenvalue weighted by molar-refractivity contribution is 6.31. The van der Waals surface area contributed by atoms with Gasteiger partial charge in [-0.3, -0.25) is 19.5 Å². The number of nitrogens with zero attached hydrogens (tertiary/aromatic N) is 2. The molecule has 8 nitrogen and oxygen atoms in total. The Hall–Kier alpha value is -3.39. The second-order valence-corrected chi connectivity index (χ2v) is 6.61. The van der Waals surface area contributed by atoms with Crippen molar-refractivity contribution in [2.75, 3.05) is 0 Å². The van der Waals surface area contributed by atoms with Crippen molar-refractivity contribution in [3.8, 4) is 0 Å². The normalized spacial score (nSPS) is 12.5. The van der Waals surface area contributed by atoms with Crippen LogP contribution in [0.5, 0.6) is 0 Å². The van der Waals surface area contributed by atoms with Gasteiger partial charge in [-0.1, -0.05) is 11.6 Å². The summed E-state index contributed by atoms with van der Waals surface area (Å²) in [5, 5.41) is 14.1. The Morgan fingerprint density at radius 2 is 1.85 bits per heavy atom. The number of hydrogen-bond acceptors (Lipinski definition) is 4. The summed E-state index contributed by atoms with van der Waals surface area (Å²) >= 11 is 5.94. The molecule has 9 heteroatoms.